The second-order valence-corrected chi connectivity index (χ2v) is 3.12. The third-order valence-corrected chi connectivity index (χ3v) is 2.17. The maximum Gasteiger partial charge on any atom is 0.338 e. The molecule has 88 valence electrons. The fraction of sp³-hybridized carbons (Fsp3) is 0.750. The van der Waals surface area contributed by atoms with Gasteiger partial charge in [-0.2, -0.15) is 0 Å². The van der Waals surface area contributed by atoms with E-state index < -0.39 is 24.1 Å². The molecule has 0 aromatic heterocycles. The molecule has 0 aliphatic rings. The van der Waals surface area contributed by atoms with Crippen LogP contribution in [0.25, 0.3) is 0 Å². The first-order valence-electron chi connectivity index (χ1n) is 4.48. The Balaban J connectivity index is 4.83. The summed E-state index contributed by atoms with van der Waals surface area (Å²) in [5, 5.41) is 26.2. The van der Waals surface area contributed by atoms with Gasteiger partial charge in [-0.15, -0.1) is 0 Å². The number of nitrogens with zero attached hydrogens (tertiary/aromatic N) is 1. The first-order valence-corrected chi connectivity index (χ1v) is 4.48. The van der Waals surface area contributed by atoms with Gasteiger partial charge in [-0.1, -0.05) is 6.92 Å². The SMILES string of the molecule is CCC(N)(C(=O)O)N(CCO)CC(=O)O. The largest absolute Gasteiger partial charge is 0.480 e. The van der Waals surface area contributed by atoms with Crippen molar-refractivity contribution in [1.29, 1.82) is 0 Å². The van der Waals surface area contributed by atoms with Crippen molar-refractivity contribution in [3.63, 3.8) is 0 Å². The van der Waals surface area contributed by atoms with Crippen molar-refractivity contribution in [1.82, 2.24) is 4.90 Å². The Morgan fingerprint density at radius 2 is 1.93 bits per heavy atom. The molecule has 7 heteroatoms. The van der Waals surface area contributed by atoms with Gasteiger partial charge in [0.05, 0.1) is 13.2 Å². The summed E-state index contributed by atoms with van der Waals surface area (Å²) in [5.74, 6) is -2.49. The summed E-state index contributed by atoms with van der Waals surface area (Å²) in [6.07, 6.45) is 0.0512. The molecule has 0 aliphatic carbocycles. The van der Waals surface area contributed by atoms with Crippen LogP contribution in [0.2, 0.25) is 0 Å². The van der Waals surface area contributed by atoms with Crippen molar-refractivity contribution in [2.24, 2.45) is 5.73 Å². The quantitative estimate of drug-likeness (QED) is 0.385. The van der Waals surface area contributed by atoms with Crippen LogP contribution in [0.4, 0.5) is 0 Å². The molecule has 0 fully saturated rings. The van der Waals surface area contributed by atoms with E-state index >= 15 is 0 Å². The first-order chi connectivity index (χ1) is 6.88. The van der Waals surface area contributed by atoms with Crippen LogP contribution in [0.1, 0.15) is 13.3 Å². The lowest BCUT2D eigenvalue weighted by molar-refractivity contribution is -0.155. The average Bonchev–Trinajstić information content (AvgIpc) is 2.15. The second kappa shape index (κ2) is 5.64. The molecule has 7 nitrogen and oxygen atoms in total. The van der Waals surface area contributed by atoms with Crippen molar-refractivity contribution in [2.45, 2.75) is 19.0 Å². The summed E-state index contributed by atoms with van der Waals surface area (Å²) in [4.78, 5) is 22.4. The Hall–Kier alpha value is -1.18. The standard InChI is InChI=1S/C8H16N2O5/c1-2-8(9,7(14)15)10(3-4-11)5-6(12)13/h11H,2-5,9H2,1H3,(H,12,13)(H,14,15). The van der Waals surface area contributed by atoms with Crippen LogP contribution in [-0.2, 0) is 9.59 Å². The third-order valence-electron chi connectivity index (χ3n) is 2.17. The summed E-state index contributed by atoms with van der Waals surface area (Å²) < 4.78 is 0. The van der Waals surface area contributed by atoms with Crippen LogP contribution in [0.3, 0.4) is 0 Å². The lowest BCUT2D eigenvalue weighted by Gasteiger charge is -2.35. The van der Waals surface area contributed by atoms with Crippen LogP contribution in [0, 0.1) is 0 Å². The predicted octanol–water partition coefficient (Wildman–Crippen LogP) is -1.49. The van der Waals surface area contributed by atoms with Crippen LogP contribution in [0.15, 0.2) is 0 Å². The number of nitrogens with two attached hydrogens (primary N) is 1. The Kier molecular flexibility index (Phi) is 5.20. The van der Waals surface area contributed by atoms with Gasteiger partial charge in [0.25, 0.3) is 0 Å². The molecule has 0 bridgehead atoms. The summed E-state index contributed by atoms with van der Waals surface area (Å²) in [6, 6.07) is 0. The van der Waals surface area contributed by atoms with Gasteiger partial charge in [0.2, 0.25) is 0 Å². The average molecular weight is 220 g/mol. The molecular formula is C8H16N2O5. The smallest absolute Gasteiger partial charge is 0.338 e. The molecule has 15 heavy (non-hydrogen) atoms. The molecule has 5 N–H and O–H groups in total. The maximum absolute atomic E-state index is 10.9. The highest BCUT2D eigenvalue weighted by Crippen LogP contribution is 2.13. The number of carbonyl (C=O) groups is 2. The Labute approximate surface area is 87.1 Å². The molecule has 0 radical (unpaired) electrons. The topological polar surface area (TPSA) is 124 Å². The van der Waals surface area contributed by atoms with Crippen molar-refractivity contribution < 1.29 is 24.9 Å². The van der Waals surface area contributed by atoms with E-state index in [1.807, 2.05) is 0 Å². The van der Waals surface area contributed by atoms with Crippen molar-refractivity contribution >= 4 is 11.9 Å². The minimum Gasteiger partial charge on any atom is -0.480 e. The highest BCUT2D eigenvalue weighted by molar-refractivity contribution is 5.79. The molecule has 1 atom stereocenters. The lowest BCUT2D eigenvalue weighted by atomic mass is 10.1. The van der Waals surface area contributed by atoms with Crippen LogP contribution >= 0.6 is 0 Å². The zero-order valence-electron chi connectivity index (χ0n) is 8.51. The lowest BCUT2D eigenvalue weighted by Crippen LogP contribution is -2.63. The first kappa shape index (κ1) is 13.8. The third kappa shape index (κ3) is 3.46. The molecule has 0 amide bonds. The van der Waals surface area contributed by atoms with E-state index in [0.717, 1.165) is 4.90 Å². The molecule has 0 saturated heterocycles. The van der Waals surface area contributed by atoms with Gasteiger partial charge >= 0.3 is 11.9 Å². The molecule has 1 unspecified atom stereocenters. The van der Waals surface area contributed by atoms with E-state index in [9.17, 15) is 9.59 Å². The van der Waals surface area contributed by atoms with Gasteiger partial charge in [0.1, 0.15) is 0 Å². The number of carboxylic acids is 2. The van der Waals surface area contributed by atoms with Crippen LogP contribution < -0.4 is 5.73 Å². The predicted molar refractivity (Wildman–Crippen MR) is 51.1 cm³/mol. The number of hydrogen-bond acceptors (Lipinski definition) is 5. The van der Waals surface area contributed by atoms with Gasteiger partial charge < -0.3 is 21.1 Å². The fourth-order valence-electron chi connectivity index (χ4n) is 1.21. The van der Waals surface area contributed by atoms with E-state index in [4.69, 9.17) is 21.1 Å². The summed E-state index contributed by atoms with van der Waals surface area (Å²) in [6.45, 7) is 0.583. The molecule has 0 saturated carbocycles. The number of hydrogen-bond donors (Lipinski definition) is 4. The van der Waals surface area contributed by atoms with E-state index in [1.165, 1.54) is 0 Å². The molecule has 0 spiro atoms. The number of aliphatic hydroxyl groups excluding tert-OH is 1. The molecule has 0 aromatic carbocycles. The molecule has 0 rings (SSSR count). The summed E-state index contributed by atoms with van der Waals surface area (Å²) in [5.41, 5.74) is 3.82. The fourth-order valence-corrected chi connectivity index (χ4v) is 1.21. The number of aliphatic carboxylic acids is 2. The van der Waals surface area contributed by atoms with Gasteiger partial charge in [-0.3, -0.25) is 9.69 Å². The van der Waals surface area contributed by atoms with E-state index in [2.05, 4.69) is 0 Å². The zero-order valence-corrected chi connectivity index (χ0v) is 8.51. The summed E-state index contributed by atoms with van der Waals surface area (Å²) in [7, 11) is 0. The van der Waals surface area contributed by atoms with Crippen LogP contribution in [0.5, 0.6) is 0 Å². The second-order valence-electron chi connectivity index (χ2n) is 3.12. The van der Waals surface area contributed by atoms with Crippen molar-refractivity contribution in [3.8, 4) is 0 Å². The van der Waals surface area contributed by atoms with Gasteiger partial charge in [-0.25, -0.2) is 4.79 Å². The van der Waals surface area contributed by atoms with Gasteiger partial charge in [0.15, 0.2) is 5.66 Å². The van der Waals surface area contributed by atoms with Crippen molar-refractivity contribution in [3.05, 3.63) is 0 Å². The molecular weight excluding hydrogens is 204 g/mol. The molecule has 0 aliphatic heterocycles. The van der Waals surface area contributed by atoms with Gasteiger partial charge in [-0.05, 0) is 6.42 Å². The molecule has 0 heterocycles. The minimum absolute atomic E-state index is 0.0512. The molecule has 0 aromatic rings. The normalized spacial score (nSPS) is 14.9. The zero-order chi connectivity index (χ0) is 12.1. The Morgan fingerprint density at radius 1 is 1.40 bits per heavy atom. The van der Waals surface area contributed by atoms with E-state index in [0.29, 0.717) is 0 Å². The number of rotatable bonds is 7. The Morgan fingerprint density at radius 3 is 2.20 bits per heavy atom. The highest BCUT2D eigenvalue weighted by Gasteiger charge is 2.39. The summed E-state index contributed by atoms with van der Waals surface area (Å²) >= 11 is 0. The highest BCUT2D eigenvalue weighted by atomic mass is 16.4. The number of carboxylic acid groups (broad SMARTS) is 2. The van der Waals surface area contributed by atoms with Gasteiger partial charge in [0, 0.05) is 6.54 Å². The Bertz CT molecular complexity index is 245. The van der Waals surface area contributed by atoms with E-state index in [-0.39, 0.29) is 19.6 Å². The van der Waals surface area contributed by atoms with Crippen LogP contribution in [-0.4, -0.2) is 57.5 Å². The maximum atomic E-state index is 10.9. The van der Waals surface area contributed by atoms with E-state index in [1.54, 1.807) is 6.92 Å². The number of aliphatic hydroxyl groups is 1. The monoisotopic (exact) mass is 220 g/mol. The minimum atomic E-state index is -1.75. The van der Waals surface area contributed by atoms with Crippen molar-refractivity contribution in [2.75, 3.05) is 19.7 Å².